The van der Waals surface area contributed by atoms with Crippen molar-refractivity contribution in [1.82, 2.24) is 4.90 Å². The summed E-state index contributed by atoms with van der Waals surface area (Å²) in [6, 6.07) is 0.345. The summed E-state index contributed by atoms with van der Waals surface area (Å²) in [7, 11) is 0. The summed E-state index contributed by atoms with van der Waals surface area (Å²) in [5, 5.41) is 0. The fourth-order valence-corrected chi connectivity index (χ4v) is 1.86. The molecular weight excluding hydrogens is 164 g/mol. The molecule has 0 saturated carbocycles. The molecule has 2 atom stereocenters. The minimum Gasteiger partial charge on any atom is -0.336 e. The molecule has 13 heavy (non-hydrogen) atoms. The van der Waals surface area contributed by atoms with Crippen molar-refractivity contribution in [2.75, 3.05) is 13.1 Å². The molecule has 1 amide bonds. The van der Waals surface area contributed by atoms with Crippen LogP contribution in [0.3, 0.4) is 0 Å². The van der Waals surface area contributed by atoms with Crippen LogP contribution < -0.4 is 5.73 Å². The largest absolute Gasteiger partial charge is 0.336 e. The first-order valence-electron chi connectivity index (χ1n) is 4.82. The molecule has 3 heteroatoms. The molecule has 0 aromatic rings. The summed E-state index contributed by atoms with van der Waals surface area (Å²) in [5.74, 6) is 0.607. The van der Waals surface area contributed by atoms with Gasteiger partial charge in [-0.25, -0.2) is 0 Å². The molecule has 0 aromatic carbocycles. The van der Waals surface area contributed by atoms with Crippen molar-refractivity contribution in [2.24, 2.45) is 11.7 Å². The quantitative estimate of drug-likeness (QED) is 0.641. The number of carbonyl (C=O) groups is 1. The van der Waals surface area contributed by atoms with E-state index in [2.05, 4.69) is 6.92 Å². The number of carbonyl (C=O) groups excluding carboxylic acids is 1. The molecule has 1 heterocycles. The normalized spacial score (nSPS) is 28.7. The van der Waals surface area contributed by atoms with Gasteiger partial charge in [0.1, 0.15) is 0 Å². The molecule has 2 N–H and O–H groups in total. The maximum atomic E-state index is 11.5. The maximum Gasteiger partial charge on any atom is 0.246 e. The van der Waals surface area contributed by atoms with E-state index in [0.29, 0.717) is 18.5 Å². The van der Waals surface area contributed by atoms with Gasteiger partial charge >= 0.3 is 0 Å². The fraction of sp³-hybridized carbons (Fsp3) is 0.700. The van der Waals surface area contributed by atoms with Crippen LogP contribution in [-0.4, -0.2) is 29.9 Å². The number of nitrogens with zero attached hydrogens (tertiary/aromatic N) is 1. The zero-order chi connectivity index (χ0) is 9.84. The summed E-state index contributed by atoms with van der Waals surface area (Å²) < 4.78 is 0. The van der Waals surface area contributed by atoms with Crippen LogP contribution in [0.2, 0.25) is 0 Å². The average Bonchev–Trinajstić information content (AvgIpc) is 2.47. The molecule has 1 rings (SSSR count). The summed E-state index contributed by atoms with van der Waals surface area (Å²) in [6.07, 6.45) is 4.44. The minimum atomic E-state index is 0.117. The predicted molar refractivity (Wildman–Crippen MR) is 53.2 cm³/mol. The highest BCUT2D eigenvalue weighted by molar-refractivity contribution is 5.87. The van der Waals surface area contributed by atoms with Crippen LogP contribution in [0.25, 0.3) is 0 Å². The molecule has 0 spiro atoms. The number of nitrogens with two attached hydrogens (primary N) is 1. The van der Waals surface area contributed by atoms with Crippen molar-refractivity contribution in [2.45, 2.75) is 26.3 Å². The Hall–Kier alpha value is -0.830. The molecule has 3 nitrogen and oxygen atoms in total. The van der Waals surface area contributed by atoms with Gasteiger partial charge in [-0.05, 0) is 38.8 Å². The standard InChI is InChI=1S/C10H18N2O/c1-3-4-10(13)12-7-9(6-11)5-8(12)2/h3-4,8-9H,5-7,11H2,1-2H3/b4-3+. The summed E-state index contributed by atoms with van der Waals surface area (Å²) in [5.41, 5.74) is 5.58. The second-order valence-corrected chi connectivity index (χ2v) is 3.68. The van der Waals surface area contributed by atoms with Crippen molar-refractivity contribution in [1.29, 1.82) is 0 Å². The van der Waals surface area contributed by atoms with Gasteiger partial charge < -0.3 is 10.6 Å². The van der Waals surface area contributed by atoms with Gasteiger partial charge in [0.25, 0.3) is 0 Å². The Balaban J connectivity index is 2.56. The number of hydrogen-bond donors (Lipinski definition) is 1. The summed E-state index contributed by atoms with van der Waals surface area (Å²) >= 11 is 0. The van der Waals surface area contributed by atoms with Gasteiger partial charge in [0.2, 0.25) is 5.91 Å². The summed E-state index contributed by atoms with van der Waals surface area (Å²) in [4.78, 5) is 13.4. The Labute approximate surface area is 79.6 Å². The molecule has 0 bridgehead atoms. The van der Waals surface area contributed by atoms with E-state index in [4.69, 9.17) is 5.73 Å². The minimum absolute atomic E-state index is 0.117. The lowest BCUT2D eigenvalue weighted by Crippen LogP contribution is -2.33. The third kappa shape index (κ3) is 2.31. The average molecular weight is 182 g/mol. The van der Waals surface area contributed by atoms with Crippen molar-refractivity contribution in [3.05, 3.63) is 12.2 Å². The van der Waals surface area contributed by atoms with E-state index < -0.39 is 0 Å². The molecule has 2 unspecified atom stereocenters. The number of likely N-dealkylation sites (tertiary alicyclic amines) is 1. The molecule has 1 aliphatic heterocycles. The monoisotopic (exact) mass is 182 g/mol. The van der Waals surface area contributed by atoms with Gasteiger partial charge in [-0.2, -0.15) is 0 Å². The van der Waals surface area contributed by atoms with Gasteiger partial charge in [-0.3, -0.25) is 4.79 Å². The van der Waals surface area contributed by atoms with E-state index in [-0.39, 0.29) is 5.91 Å². The Kier molecular flexibility index (Phi) is 3.48. The molecule has 1 saturated heterocycles. The first kappa shape index (κ1) is 10.3. The Morgan fingerprint density at radius 1 is 1.69 bits per heavy atom. The smallest absolute Gasteiger partial charge is 0.246 e. The first-order chi connectivity index (χ1) is 6.19. The summed E-state index contributed by atoms with van der Waals surface area (Å²) in [6.45, 7) is 5.45. The number of amides is 1. The molecular formula is C10H18N2O. The van der Waals surface area contributed by atoms with E-state index in [9.17, 15) is 4.79 Å². The third-order valence-electron chi connectivity index (χ3n) is 2.59. The Morgan fingerprint density at radius 3 is 2.85 bits per heavy atom. The molecule has 0 aromatic heterocycles. The SMILES string of the molecule is C/C=C/C(=O)N1CC(CN)CC1C. The van der Waals surface area contributed by atoms with Gasteiger partial charge in [0, 0.05) is 12.6 Å². The highest BCUT2D eigenvalue weighted by atomic mass is 16.2. The van der Waals surface area contributed by atoms with E-state index >= 15 is 0 Å². The van der Waals surface area contributed by atoms with Crippen molar-refractivity contribution in [3.63, 3.8) is 0 Å². The Bertz CT molecular complexity index is 213. The number of allylic oxidation sites excluding steroid dienone is 1. The lowest BCUT2D eigenvalue weighted by molar-refractivity contribution is -0.126. The molecule has 0 aliphatic carbocycles. The van der Waals surface area contributed by atoms with Gasteiger partial charge in [-0.1, -0.05) is 6.08 Å². The second kappa shape index (κ2) is 4.42. The van der Waals surface area contributed by atoms with Crippen LogP contribution in [0.1, 0.15) is 20.3 Å². The van der Waals surface area contributed by atoms with E-state index in [1.54, 1.807) is 12.2 Å². The van der Waals surface area contributed by atoms with Crippen molar-refractivity contribution >= 4 is 5.91 Å². The molecule has 74 valence electrons. The highest BCUT2D eigenvalue weighted by Gasteiger charge is 2.30. The van der Waals surface area contributed by atoms with Crippen LogP contribution in [0, 0.1) is 5.92 Å². The molecule has 1 aliphatic rings. The van der Waals surface area contributed by atoms with E-state index in [0.717, 1.165) is 13.0 Å². The van der Waals surface area contributed by atoms with Gasteiger partial charge in [0.05, 0.1) is 0 Å². The van der Waals surface area contributed by atoms with Crippen molar-refractivity contribution < 1.29 is 4.79 Å². The lowest BCUT2D eigenvalue weighted by atomic mass is 10.1. The van der Waals surface area contributed by atoms with Crippen LogP contribution >= 0.6 is 0 Å². The number of rotatable bonds is 2. The predicted octanol–water partition coefficient (Wildman–Crippen LogP) is 0.758. The molecule has 1 fully saturated rings. The second-order valence-electron chi connectivity index (χ2n) is 3.68. The van der Waals surface area contributed by atoms with Crippen LogP contribution in [0.4, 0.5) is 0 Å². The highest BCUT2D eigenvalue weighted by Crippen LogP contribution is 2.22. The van der Waals surface area contributed by atoms with E-state index in [1.165, 1.54) is 0 Å². The van der Waals surface area contributed by atoms with Crippen molar-refractivity contribution in [3.8, 4) is 0 Å². The fourth-order valence-electron chi connectivity index (χ4n) is 1.86. The zero-order valence-electron chi connectivity index (χ0n) is 8.36. The zero-order valence-corrected chi connectivity index (χ0v) is 8.36. The van der Waals surface area contributed by atoms with E-state index in [1.807, 2.05) is 11.8 Å². The Morgan fingerprint density at radius 2 is 2.38 bits per heavy atom. The van der Waals surface area contributed by atoms with Crippen LogP contribution in [0.5, 0.6) is 0 Å². The third-order valence-corrected chi connectivity index (χ3v) is 2.59. The molecule has 0 radical (unpaired) electrons. The lowest BCUT2D eigenvalue weighted by Gasteiger charge is -2.19. The topological polar surface area (TPSA) is 46.3 Å². The van der Waals surface area contributed by atoms with Gasteiger partial charge in [0.15, 0.2) is 0 Å². The first-order valence-corrected chi connectivity index (χ1v) is 4.82. The maximum absolute atomic E-state index is 11.5. The van der Waals surface area contributed by atoms with Crippen LogP contribution in [-0.2, 0) is 4.79 Å². The van der Waals surface area contributed by atoms with Gasteiger partial charge in [-0.15, -0.1) is 0 Å². The van der Waals surface area contributed by atoms with Crippen LogP contribution in [0.15, 0.2) is 12.2 Å². The number of hydrogen-bond acceptors (Lipinski definition) is 2.